The van der Waals surface area contributed by atoms with Crippen molar-refractivity contribution in [3.63, 3.8) is 0 Å². The summed E-state index contributed by atoms with van der Waals surface area (Å²) in [5.74, 6) is 3.93. The van der Waals surface area contributed by atoms with Crippen LogP contribution in [0.1, 0.15) is 6.92 Å². The zero-order chi connectivity index (χ0) is 13.2. The normalized spacial score (nSPS) is 8.72. The quantitative estimate of drug-likeness (QED) is 0.502. The summed E-state index contributed by atoms with van der Waals surface area (Å²) in [5.41, 5.74) is 0.626. The molecule has 5 nitrogen and oxygen atoms in total. The number of anilines is 1. The summed E-state index contributed by atoms with van der Waals surface area (Å²) in [6.07, 6.45) is -0.626. The number of nitrogens with one attached hydrogen (secondary N) is 1. The standard InChI is InChI=1S/C13H13NO4/c1-2-17-12(15)9-6-10-18-13(16)14-11-7-4-3-5-8-11/h3-5,7-8H,2,10H2,1H3,(H,14,16). The van der Waals surface area contributed by atoms with Crippen LogP contribution < -0.4 is 5.32 Å². The summed E-state index contributed by atoms with van der Waals surface area (Å²) in [6.45, 7) is 1.78. The lowest BCUT2D eigenvalue weighted by Gasteiger charge is -2.03. The van der Waals surface area contributed by atoms with Crippen LogP contribution in [0.3, 0.4) is 0 Å². The first-order valence-electron chi connectivity index (χ1n) is 5.37. The Balaban J connectivity index is 2.28. The number of amides is 1. The Bertz CT molecular complexity index is 459. The van der Waals surface area contributed by atoms with Gasteiger partial charge in [0.15, 0.2) is 6.61 Å². The van der Waals surface area contributed by atoms with Crippen LogP contribution in [0.4, 0.5) is 10.5 Å². The fraction of sp³-hybridized carbons (Fsp3) is 0.231. The molecular weight excluding hydrogens is 234 g/mol. The van der Waals surface area contributed by atoms with Crippen molar-refractivity contribution in [1.29, 1.82) is 0 Å². The van der Waals surface area contributed by atoms with Crippen molar-refractivity contribution in [2.75, 3.05) is 18.5 Å². The van der Waals surface area contributed by atoms with Crippen molar-refractivity contribution < 1.29 is 19.1 Å². The first kappa shape index (κ1) is 13.6. The maximum absolute atomic E-state index is 11.3. The van der Waals surface area contributed by atoms with Gasteiger partial charge < -0.3 is 9.47 Å². The van der Waals surface area contributed by atoms with Gasteiger partial charge in [-0.2, -0.15) is 0 Å². The zero-order valence-electron chi connectivity index (χ0n) is 9.93. The predicted octanol–water partition coefficient (Wildman–Crippen LogP) is 1.80. The summed E-state index contributed by atoms with van der Waals surface area (Å²) in [4.78, 5) is 22.1. The fourth-order valence-electron chi connectivity index (χ4n) is 1.05. The minimum absolute atomic E-state index is 0.169. The van der Waals surface area contributed by atoms with Gasteiger partial charge in [0.05, 0.1) is 6.61 Å². The predicted molar refractivity (Wildman–Crippen MR) is 65.8 cm³/mol. The van der Waals surface area contributed by atoms with E-state index in [1.165, 1.54) is 0 Å². The van der Waals surface area contributed by atoms with Gasteiger partial charge in [-0.15, -0.1) is 0 Å². The summed E-state index contributed by atoms with van der Waals surface area (Å²) in [6, 6.07) is 8.87. The average molecular weight is 247 g/mol. The lowest BCUT2D eigenvalue weighted by atomic mass is 10.3. The third-order valence-corrected chi connectivity index (χ3v) is 1.76. The van der Waals surface area contributed by atoms with Crippen molar-refractivity contribution in [3.05, 3.63) is 30.3 Å². The summed E-state index contributed by atoms with van der Waals surface area (Å²) >= 11 is 0. The van der Waals surface area contributed by atoms with Gasteiger partial charge in [-0.1, -0.05) is 18.2 Å². The van der Waals surface area contributed by atoms with E-state index in [0.717, 1.165) is 0 Å². The second kappa shape index (κ2) is 7.74. The average Bonchev–Trinajstić information content (AvgIpc) is 2.36. The largest absolute Gasteiger partial charge is 0.456 e. The summed E-state index contributed by atoms with van der Waals surface area (Å²) < 4.78 is 9.32. The highest BCUT2D eigenvalue weighted by atomic mass is 16.5. The molecule has 0 atom stereocenters. The number of benzene rings is 1. The number of hydrogen-bond acceptors (Lipinski definition) is 4. The van der Waals surface area contributed by atoms with Crippen molar-refractivity contribution in [2.45, 2.75) is 6.92 Å². The second-order valence-corrected chi connectivity index (χ2v) is 3.09. The molecule has 0 unspecified atom stereocenters. The van der Waals surface area contributed by atoms with E-state index in [0.29, 0.717) is 5.69 Å². The third kappa shape index (κ3) is 5.56. The lowest BCUT2D eigenvalue weighted by Crippen LogP contribution is -2.13. The van der Waals surface area contributed by atoms with E-state index in [-0.39, 0.29) is 13.2 Å². The fourth-order valence-corrected chi connectivity index (χ4v) is 1.05. The highest BCUT2D eigenvalue weighted by Gasteiger charge is 2.00. The third-order valence-electron chi connectivity index (χ3n) is 1.76. The van der Waals surface area contributed by atoms with Crippen LogP contribution in [-0.4, -0.2) is 25.3 Å². The van der Waals surface area contributed by atoms with Crippen molar-refractivity contribution >= 4 is 17.7 Å². The van der Waals surface area contributed by atoms with Crippen LogP contribution in [-0.2, 0) is 14.3 Å². The van der Waals surface area contributed by atoms with Gasteiger partial charge in [0.1, 0.15) is 0 Å². The van der Waals surface area contributed by atoms with E-state index in [1.807, 2.05) is 6.07 Å². The molecule has 0 aliphatic carbocycles. The number of carbonyl (C=O) groups excluding carboxylic acids is 2. The number of para-hydroxylation sites is 1. The van der Waals surface area contributed by atoms with E-state index >= 15 is 0 Å². The number of rotatable bonds is 3. The molecule has 1 N–H and O–H groups in total. The van der Waals surface area contributed by atoms with Crippen LogP contribution in [0.5, 0.6) is 0 Å². The second-order valence-electron chi connectivity index (χ2n) is 3.09. The molecule has 0 spiro atoms. The molecule has 0 aliphatic rings. The maximum atomic E-state index is 11.3. The first-order chi connectivity index (χ1) is 8.72. The maximum Gasteiger partial charge on any atom is 0.412 e. The van der Waals surface area contributed by atoms with E-state index in [4.69, 9.17) is 4.74 Å². The van der Waals surface area contributed by atoms with Crippen LogP contribution in [0, 0.1) is 11.8 Å². The van der Waals surface area contributed by atoms with E-state index in [2.05, 4.69) is 21.9 Å². The smallest absolute Gasteiger partial charge is 0.412 e. The number of esters is 1. The first-order valence-corrected chi connectivity index (χ1v) is 5.37. The van der Waals surface area contributed by atoms with Gasteiger partial charge in [0, 0.05) is 11.6 Å². The Morgan fingerprint density at radius 2 is 1.94 bits per heavy atom. The van der Waals surface area contributed by atoms with Gasteiger partial charge in [0.2, 0.25) is 0 Å². The zero-order valence-corrected chi connectivity index (χ0v) is 9.93. The van der Waals surface area contributed by atoms with E-state index in [9.17, 15) is 9.59 Å². The minimum Gasteiger partial charge on any atom is -0.456 e. The van der Waals surface area contributed by atoms with Gasteiger partial charge in [-0.25, -0.2) is 9.59 Å². The number of hydrogen-bond donors (Lipinski definition) is 1. The van der Waals surface area contributed by atoms with Crippen LogP contribution >= 0.6 is 0 Å². The molecule has 0 saturated heterocycles. The summed E-state index contributed by atoms with van der Waals surface area (Å²) in [7, 11) is 0. The molecule has 0 aromatic heterocycles. The SMILES string of the molecule is CCOC(=O)C#CCOC(=O)Nc1ccccc1. The molecule has 94 valence electrons. The minimum atomic E-state index is -0.635. The van der Waals surface area contributed by atoms with Crippen LogP contribution in [0.25, 0.3) is 0 Å². The van der Waals surface area contributed by atoms with E-state index in [1.54, 1.807) is 31.2 Å². The molecule has 18 heavy (non-hydrogen) atoms. The van der Waals surface area contributed by atoms with Crippen molar-refractivity contribution in [2.24, 2.45) is 0 Å². The molecule has 0 radical (unpaired) electrons. The van der Waals surface area contributed by atoms with Gasteiger partial charge in [-0.3, -0.25) is 5.32 Å². The molecule has 0 heterocycles. The molecule has 1 aromatic rings. The van der Waals surface area contributed by atoms with Gasteiger partial charge in [-0.05, 0) is 25.0 Å². The molecule has 1 rings (SSSR count). The Morgan fingerprint density at radius 1 is 1.22 bits per heavy atom. The van der Waals surface area contributed by atoms with Crippen LogP contribution in [0.2, 0.25) is 0 Å². The van der Waals surface area contributed by atoms with Gasteiger partial charge >= 0.3 is 12.1 Å². The molecular formula is C13H13NO4. The molecule has 0 fully saturated rings. The lowest BCUT2D eigenvalue weighted by molar-refractivity contribution is -0.136. The Hall–Kier alpha value is -2.48. The van der Waals surface area contributed by atoms with Gasteiger partial charge in [0.25, 0.3) is 0 Å². The molecule has 0 aliphatic heterocycles. The summed E-state index contributed by atoms with van der Waals surface area (Å²) in [5, 5.41) is 2.51. The number of carbonyl (C=O) groups is 2. The molecule has 0 saturated carbocycles. The highest BCUT2D eigenvalue weighted by molar-refractivity contribution is 5.88. The Labute approximate surface area is 105 Å². The molecule has 5 heteroatoms. The Morgan fingerprint density at radius 3 is 2.61 bits per heavy atom. The molecule has 1 amide bonds. The van der Waals surface area contributed by atoms with Crippen molar-refractivity contribution in [3.8, 4) is 11.8 Å². The molecule has 0 bridgehead atoms. The number of ether oxygens (including phenoxy) is 2. The van der Waals surface area contributed by atoms with E-state index < -0.39 is 12.1 Å². The highest BCUT2D eigenvalue weighted by Crippen LogP contribution is 2.04. The van der Waals surface area contributed by atoms with Crippen molar-refractivity contribution in [1.82, 2.24) is 0 Å². The Kier molecular flexibility index (Phi) is 5.84. The topological polar surface area (TPSA) is 64.6 Å². The van der Waals surface area contributed by atoms with Crippen LogP contribution in [0.15, 0.2) is 30.3 Å². The monoisotopic (exact) mass is 247 g/mol. The molecule has 1 aromatic carbocycles.